The Kier molecular flexibility index (Phi) is 9.55. The number of rotatable bonds is 9. The predicted molar refractivity (Wildman–Crippen MR) is 129 cm³/mol. The summed E-state index contributed by atoms with van der Waals surface area (Å²) in [4.78, 5) is 13.6. The number of quaternary nitrogens is 1. The lowest BCUT2D eigenvalue weighted by Crippen LogP contribution is -3.00. The van der Waals surface area contributed by atoms with E-state index in [0.717, 1.165) is 21.6 Å². The van der Waals surface area contributed by atoms with E-state index in [1.165, 1.54) is 11.5 Å². The molecule has 0 radical (unpaired) electrons. The van der Waals surface area contributed by atoms with Crippen LogP contribution in [0.3, 0.4) is 0 Å². The Morgan fingerprint density at radius 3 is 2.09 bits per heavy atom. The summed E-state index contributed by atoms with van der Waals surface area (Å²) in [6, 6.07) is 9.05. The summed E-state index contributed by atoms with van der Waals surface area (Å²) in [7, 11) is 6.31. The van der Waals surface area contributed by atoms with E-state index in [4.69, 9.17) is 18.9 Å². The maximum absolute atomic E-state index is 12.6. The number of carbonyl (C=O) groups excluding carboxylic acids is 1. The average molecular weight is 508 g/mol. The van der Waals surface area contributed by atoms with E-state index in [1.54, 1.807) is 34.6 Å². The SMILES string of the molecule is COc1ccc(-c2cnsc2-c2cc(OC)c(OC)c(OC)c2)cc1NC(=O)[C@H]([NH3+])C(C)C.[Cl-]. The second-order valence-corrected chi connectivity index (χ2v) is 8.54. The molecule has 1 aromatic heterocycles. The normalized spacial score (nSPS) is 11.4. The van der Waals surface area contributed by atoms with Gasteiger partial charge in [0, 0.05) is 23.2 Å². The molecule has 1 heterocycles. The van der Waals surface area contributed by atoms with Crippen molar-refractivity contribution in [2.45, 2.75) is 19.9 Å². The summed E-state index contributed by atoms with van der Waals surface area (Å²) in [5, 5.41) is 2.96. The smallest absolute Gasteiger partial charge is 0.282 e. The highest BCUT2D eigenvalue weighted by Gasteiger charge is 2.23. The lowest BCUT2D eigenvalue weighted by Gasteiger charge is -2.16. The highest BCUT2D eigenvalue weighted by atomic mass is 35.5. The summed E-state index contributed by atoms with van der Waals surface area (Å²) in [5.41, 5.74) is 7.21. The Labute approximate surface area is 209 Å². The fourth-order valence-electron chi connectivity index (χ4n) is 3.37. The fraction of sp³-hybridized carbons (Fsp3) is 0.333. The van der Waals surface area contributed by atoms with Gasteiger partial charge in [-0.05, 0) is 41.4 Å². The summed E-state index contributed by atoms with van der Waals surface area (Å²) < 4.78 is 26.3. The van der Waals surface area contributed by atoms with Crippen LogP contribution in [0.1, 0.15) is 13.8 Å². The monoisotopic (exact) mass is 507 g/mol. The van der Waals surface area contributed by atoms with Gasteiger partial charge in [0.1, 0.15) is 5.75 Å². The predicted octanol–water partition coefficient (Wildman–Crippen LogP) is 0.721. The van der Waals surface area contributed by atoms with E-state index >= 15 is 0 Å². The molecule has 0 aliphatic carbocycles. The number of anilines is 1. The van der Waals surface area contributed by atoms with Crippen LogP contribution >= 0.6 is 11.5 Å². The average Bonchev–Trinajstić information content (AvgIpc) is 3.32. The molecule has 8 nitrogen and oxygen atoms in total. The van der Waals surface area contributed by atoms with E-state index in [9.17, 15) is 4.79 Å². The molecule has 0 saturated heterocycles. The van der Waals surface area contributed by atoms with Crippen LogP contribution in [-0.4, -0.2) is 44.8 Å². The number of amides is 1. The van der Waals surface area contributed by atoms with Gasteiger partial charge in [-0.2, -0.15) is 4.37 Å². The molecule has 1 amide bonds. The summed E-state index contributed by atoms with van der Waals surface area (Å²) in [5.74, 6) is 2.17. The zero-order valence-corrected chi connectivity index (χ0v) is 21.7. The minimum Gasteiger partial charge on any atom is -1.00 e. The van der Waals surface area contributed by atoms with Crippen LogP contribution in [0.25, 0.3) is 21.6 Å². The van der Waals surface area contributed by atoms with E-state index in [2.05, 4.69) is 15.4 Å². The van der Waals surface area contributed by atoms with Gasteiger partial charge in [-0.15, -0.1) is 0 Å². The number of aromatic nitrogens is 1. The van der Waals surface area contributed by atoms with Crippen LogP contribution in [0.15, 0.2) is 36.5 Å². The van der Waals surface area contributed by atoms with Crippen molar-refractivity contribution in [1.29, 1.82) is 0 Å². The Balaban J connectivity index is 0.00000408. The topological polar surface area (TPSA) is 107 Å². The van der Waals surface area contributed by atoms with Gasteiger partial charge < -0.3 is 42.4 Å². The molecule has 3 aromatic rings. The van der Waals surface area contributed by atoms with E-state index in [-0.39, 0.29) is 30.3 Å². The second-order valence-electron chi connectivity index (χ2n) is 7.74. The van der Waals surface area contributed by atoms with Gasteiger partial charge in [-0.25, -0.2) is 0 Å². The molecule has 2 aromatic carbocycles. The van der Waals surface area contributed by atoms with Crippen molar-refractivity contribution in [2.75, 3.05) is 33.8 Å². The third kappa shape index (κ3) is 5.55. The first kappa shape index (κ1) is 27.2. The molecule has 4 N–H and O–H groups in total. The van der Waals surface area contributed by atoms with Crippen molar-refractivity contribution < 1.29 is 41.9 Å². The minimum atomic E-state index is -0.379. The van der Waals surface area contributed by atoms with Gasteiger partial charge in [-0.3, -0.25) is 4.79 Å². The van der Waals surface area contributed by atoms with Crippen molar-refractivity contribution in [3.8, 4) is 44.6 Å². The van der Waals surface area contributed by atoms with Crippen molar-refractivity contribution in [3.63, 3.8) is 0 Å². The number of hydrogen-bond donors (Lipinski definition) is 2. The number of halogens is 1. The number of ether oxygens (including phenoxy) is 4. The van der Waals surface area contributed by atoms with E-state index < -0.39 is 0 Å². The first-order valence-electron chi connectivity index (χ1n) is 10.4. The maximum Gasteiger partial charge on any atom is 0.282 e. The van der Waals surface area contributed by atoms with Gasteiger partial charge in [-0.1, -0.05) is 19.9 Å². The molecule has 3 rings (SSSR count). The van der Waals surface area contributed by atoms with Gasteiger partial charge >= 0.3 is 0 Å². The summed E-state index contributed by atoms with van der Waals surface area (Å²) in [6.07, 6.45) is 1.80. The van der Waals surface area contributed by atoms with Gasteiger partial charge in [0.05, 0.1) is 39.0 Å². The number of carbonyl (C=O) groups is 1. The highest BCUT2D eigenvalue weighted by molar-refractivity contribution is 7.10. The Morgan fingerprint density at radius 1 is 0.941 bits per heavy atom. The first-order chi connectivity index (χ1) is 15.8. The number of nitrogens with one attached hydrogen (secondary N) is 1. The minimum absolute atomic E-state index is 0. The van der Waals surface area contributed by atoms with Crippen LogP contribution in [0.5, 0.6) is 23.0 Å². The molecule has 0 aliphatic heterocycles. The summed E-state index contributed by atoms with van der Waals surface area (Å²) in [6.45, 7) is 3.93. The van der Waals surface area contributed by atoms with Crippen molar-refractivity contribution in [3.05, 3.63) is 36.5 Å². The zero-order valence-electron chi connectivity index (χ0n) is 20.1. The summed E-state index contributed by atoms with van der Waals surface area (Å²) >= 11 is 1.36. The van der Waals surface area contributed by atoms with Gasteiger partial charge in [0.2, 0.25) is 5.75 Å². The second kappa shape index (κ2) is 11.9. The van der Waals surface area contributed by atoms with Crippen LogP contribution < -0.4 is 42.4 Å². The molecular formula is C24H30ClN3O5S. The van der Waals surface area contributed by atoms with Crippen molar-refractivity contribution >= 4 is 23.1 Å². The number of methoxy groups -OCH3 is 4. The Bertz CT molecular complexity index is 1110. The zero-order chi connectivity index (χ0) is 24.1. The lowest BCUT2D eigenvalue weighted by molar-refractivity contribution is -0.412. The standard InChI is InChI=1S/C24H29N3O5S.ClH/c1-13(2)21(25)24(28)27-17-9-14(7-8-18(17)29-3)16-12-26-33-23(16)15-10-19(30-4)22(32-6)20(11-15)31-5;/h7-13,21H,25H2,1-6H3,(H,27,28);1H/t21-;/m1./s1. The van der Waals surface area contributed by atoms with E-state index in [1.807, 2.05) is 44.2 Å². The molecule has 10 heteroatoms. The molecule has 0 spiro atoms. The maximum atomic E-state index is 12.6. The van der Waals surface area contributed by atoms with Crippen LogP contribution in [0.4, 0.5) is 5.69 Å². The molecule has 34 heavy (non-hydrogen) atoms. The quantitative estimate of drug-likeness (QED) is 0.442. The molecule has 0 bridgehead atoms. The van der Waals surface area contributed by atoms with Gasteiger partial charge in [0.25, 0.3) is 5.91 Å². The largest absolute Gasteiger partial charge is 1.00 e. The molecule has 0 fully saturated rings. The number of benzene rings is 2. The third-order valence-electron chi connectivity index (χ3n) is 5.41. The molecule has 1 atom stereocenters. The number of hydrogen-bond acceptors (Lipinski definition) is 7. The van der Waals surface area contributed by atoms with Crippen LogP contribution in [0, 0.1) is 5.92 Å². The van der Waals surface area contributed by atoms with Crippen LogP contribution in [-0.2, 0) is 4.79 Å². The number of nitrogens with zero attached hydrogens (tertiary/aromatic N) is 1. The molecule has 0 saturated carbocycles. The van der Waals surface area contributed by atoms with Gasteiger partial charge in [0.15, 0.2) is 17.5 Å². The molecule has 0 aliphatic rings. The fourth-order valence-corrected chi connectivity index (χ4v) is 4.12. The third-order valence-corrected chi connectivity index (χ3v) is 6.26. The van der Waals surface area contributed by atoms with Crippen molar-refractivity contribution in [2.24, 2.45) is 5.92 Å². The molecule has 184 valence electrons. The Morgan fingerprint density at radius 2 is 1.56 bits per heavy atom. The first-order valence-corrected chi connectivity index (χ1v) is 11.2. The lowest BCUT2D eigenvalue weighted by atomic mass is 10.0. The van der Waals surface area contributed by atoms with Crippen LogP contribution in [0.2, 0.25) is 0 Å². The van der Waals surface area contributed by atoms with Crippen molar-refractivity contribution in [1.82, 2.24) is 4.37 Å². The molecular weight excluding hydrogens is 478 g/mol. The molecule has 0 unspecified atom stereocenters. The van der Waals surface area contributed by atoms with E-state index in [0.29, 0.717) is 28.7 Å². The highest BCUT2D eigenvalue weighted by Crippen LogP contribution is 2.45. The Hall–Kier alpha value is -3.01.